The third kappa shape index (κ3) is 4.74. The van der Waals surface area contributed by atoms with E-state index in [1.807, 2.05) is 50.5 Å². The fourth-order valence-electron chi connectivity index (χ4n) is 4.81. The van der Waals surface area contributed by atoms with Crippen LogP contribution in [-0.4, -0.2) is 39.8 Å². The lowest BCUT2D eigenvalue weighted by atomic mass is 10.1. The number of carbonyl (C=O) groups excluding carboxylic acids is 1. The van der Waals surface area contributed by atoms with E-state index >= 15 is 0 Å². The molecule has 41 heavy (non-hydrogen) atoms. The lowest BCUT2D eigenvalue weighted by molar-refractivity contribution is 0.0938. The van der Waals surface area contributed by atoms with Crippen molar-refractivity contribution < 1.29 is 4.79 Å². The van der Waals surface area contributed by atoms with Crippen LogP contribution in [0.3, 0.4) is 0 Å². The SMILES string of the molecule is Cc1ccc(-n2c([C@@H](C)NC(=O)c3c(C)nn4cccnc34)nc3cccc(C#Cc4cnn(C)c4)c3c2=O)cc1. The number of fused-ring (bicyclic) bond motifs is 2. The van der Waals surface area contributed by atoms with Gasteiger partial charge in [-0.3, -0.25) is 18.8 Å². The van der Waals surface area contributed by atoms with Crippen molar-refractivity contribution in [3.8, 4) is 17.5 Å². The first kappa shape index (κ1) is 25.7. The molecule has 0 bridgehead atoms. The number of aromatic nitrogens is 7. The van der Waals surface area contributed by atoms with E-state index in [1.54, 1.807) is 64.4 Å². The molecule has 0 radical (unpaired) electrons. The molecule has 0 saturated heterocycles. The number of rotatable bonds is 4. The number of nitrogens with one attached hydrogen (secondary N) is 1. The average molecular weight is 543 g/mol. The van der Waals surface area contributed by atoms with Crippen LogP contribution in [0.4, 0.5) is 0 Å². The van der Waals surface area contributed by atoms with E-state index in [4.69, 9.17) is 4.98 Å². The summed E-state index contributed by atoms with van der Waals surface area (Å²) in [7, 11) is 1.82. The normalized spacial score (nSPS) is 11.8. The molecule has 1 N–H and O–H groups in total. The van der Waals surface area contributed by atoms with Crippen LogP contribution in [0.2, 0.25) is 0 Å². The van der Waals surface area contributed by atoms with Gasteiger partial charge in [-0.05, 0) is 51.1 Å². The third-order valence-corrected chi connectivity index (χ3v) is 6.79. The minimum absolute atomic E-state index is 0.278. The second-order valence-corrected chi connectivity index (χ2v) is 9.84. The number of benzene rings is 2. The molecule has 0 spiro atoms. The molecule has 4 aromatic heterocycles. The molecule has 0 aliphatic rings. The molecular formula is C31H26N8O2. The summed E-state index contributed by atoms with van der Waals surface area (Å²) in [4.78, 5) is 37.0. The fraction of sp³-hybridized carbons (Fsp3) is 0.161. The first-order valence-corrected chi connectivity index (χ1v) is 13.0. The van der Waals surface area contributed by atoms with Gasteiger partial charge < -0.3 is 5.32 Å². The van der Waals surface area contributed by atoms with Crippen LogP contribution in [-0.2, 0) is 7.05 Å². The van der Waals surface area contributed by atoms with Gasteiger partial charge in [0, 0.05) is 31.2 Å². The summed E-state index contributed by atoms with van der Waals surface area (Å²) < 4.78 is 4.79. The average Bonchev–Trinajstić information content (AvgIpc) is 3.53. The van der Waals surface area contributed by atoms with Crippen molar-refractivity contribution in [2.24, 2.45) is 7.05 Å². The first-order valence-electron chi connectivity index (χ1n) is 13.0. The van der Waals surface area contributed by atoms with Gasteiger partial charge in [-0.15, -0.1) is 0 Å². The molecular weight excluding hydrogens is 516 g/mol. The highest BCUT2D eigenvalue weighted by Crippen LogP contribution is 2.22. The molecule has 1 amide bonds. The summed E-state index contributed by atoms with van der Waals surface area (Å²) in [6.07, 6.45) is 6.84. The molecule has 10 nitrogen and oxygen atoms in total. The van der Waals surface area contributed by atoms with Gasteiger partial charge >= 0.3 is 0 Å². The van der Waals surface area contributed by atoms with Gasteiger partial charge in [-0.2, -0.15) is 10.2 Å². The van der Waals surface area contributed by atoms with E-state index in [0.717, 1.165) is 11.1 Å². The zero-order chi connectivity index (χ0) is 28.7. The maximum atomic E-state index is 14.2. The van der Waals surface area contributed by atoms with Crippen molar-refractivity contribution in [2.45, 2.75) is 26.8 Å². The molecule has 4 heterocycles. The monoisotopic (exact) mass is 542 g/mol. The molecule has 6 rings (SSSR count). The van der Waals surface area contributed by atoms with Crippen LogP contribution in [0, 0.1) is 25.7 Å². The summed E-state index contributed by atoms with van der Waals surface area (Å²) in [5, 5.41) is 12.0. The zero-order valence-corrected chi connectivity index (χ0v) is 23.0. The van der Waals surface area contributed by atoms with Gasteiger partial charge in [0.15, 0.2) is 5.65 Å². The Morgan fingerprint density at radius 1 is 1.05 bits per heavy atom. The highest BCUT2D eigenvalue weighted by molar-refractivity contribution is 6.01. The van der Waals surface area contributed by atoms with Crippen molar-refractivity contribution in [2.75, 3.05) is 0 Å². The Hall–Kier alpha value is -5.56. The maximum absolute atomic E-state index is 14.2. The van der Waals surface area contributed by atoms with E-state index in [0.29, 0.717) is 44.9 Å². The lowest BCUT2D eigenvalue weighted by Gasteiger charge is -2.20. The van der Waals surface area contributed by atoms with E-state index in [9.17, 15) is 9.59 Å². The molecule has 202 valence electrons. The number of amides is 1. The van der Waals surface area contributed by atoms with Gasteiger partial charge in [0.25, 0.3) is 11.5 Å². The second kappa shape index (κ2) is 10.2. The quantitative estimate of drug-likeness (QED) is 0.340. The number of hydrogen-bond donors (Lipinski definition) is 1. The summed E-state index contributed by atoms with van der Waals surface area (Å²) >= 11 is 0. The van der Waals surface area contributed by atoms with E-state index in [1.165, 1.54) is 0 Å². The van der Waals surface area contributed by atoms with Crippen LogP contribution in [0.25, 0.3) is 22.2 Å². The number of hydrogen-bond acceptors (Lipinski definition) is 6. The first-order chi connectivity index (χ1) is 19.8. The van der Waals surface area contributed by atoms with E-state index < -0.39 is 6.04 Å². The van der Waals surface area contributed by atoms with Crippen molar-refractivity contribution in [1.29, 1.82) is 0 Å². The molecule has 10 heteroatoms. The predicted molar refractivity (Wildman–Crippen MR) is 155 cm³/mol. The molecule has 6 aromatic rings. The molecule has 0 saturated carbocycles. The zero-order valence-electron chi connectivity index (χ0n) is 23.0. The third-order valence-electron chi connectivity index (χ3n) is 6.79. The Bertz CT molecular complexity index is 2070. The van der Waals surface area contributed by atoms with Crippen molar-refractivity contribution in [1.82, 2.24) is 39.2 Å². The Kier molecular flexibility index (Phi) is 6.40. The largest absolute Gasteiger partial charge is 0.342 e. The van der Waals surface area contributed by atoms with Crippen LogP contribution in [0.15, 0.2) is 78.1 Å². The highest BCUT2D eigenvalue weighted by Gasteiger charge is 2.24. The molecule has 1 atom stereocenters. The summed E-state index contributed by atoms with van der Waals surface area (Å²) in [6.45, 7) is 5.54. The van der Waals surface area contributed by atoms with Crippen LogP contribution in [0.5, 0.6) is 0 Å². The number of aryl methyl sites for hydroxylation is 3. The number of nitrogens with zero attached hydrogens (tertiary/aromatic N) is 7. The fourth-order valence-corrected chi connectivity index (χ4v) is 4.81. The Morgan fingerprint density at radius 2 is 1.85 bits per heavy atom. The lowest BCUT2D eigenvalue weighted by Crippen LogP contribution is -2.33. The standard InChI is InChI=1S/C31H26N8O2/c1-19-9-13-24(14-10-19)39-28(21(3)34-30(40)26-20(2)36-38-16-6-15-32-29(26)38)35-25-8-5-7-23(27(25)31(39)41)12-11-22-17-33-37(4)18-22/h5-10,13-18,21H,1-4H3,(H,34,40)/t21-/m1/s1. The predicted octanol–water partition coefficient (Wildman–Crippen LogP) is 3.67. The Morgan fingerprint density at radius 3 is 2.61 bits per heavy atom. The molecule has 2 aromatic carbocycles. The smallest absolute Gasteiger partial charge is 0.267 e. The Labute approximate surface area is 235 Å². The van der Waals surface area contributed by atoms with Crippen LogP contribution < -0.4 is 10.9 Å². The molecule has 0 fully saturated rings. The maximum Gasteiger partial charge on any atom is 0.267 e. The van der Waals surface area contributed by atoms with Gasteiger partial charge in [-0.25, -0.2) is 14.5 Å². The molecule has 0 aliphatic heterocycles. The molecule has 0 unspecified atom stereocenters. The molecule has 0 aliphatic carbocycles. The van der Waals surface area contributed by atoms with E-state index in [2.05, 4.69) is 32.3 Å². The van der Waals surface area contributed by atoms with E-state index in [-0.39, 0.29) is 11.5 Å². The minimum atomic E-state index is -0.635. The van der Waals surface area contributed by atoms with Gasteiger partial charge in [0.05, 0.1) is 40.1 Å². The second-order valence-electron chi connectivity index (χ2n) is 9.84. The van der Waals surface area contributed by atoms with Crippen molar-refractivity contribution >= 4 is 22.5 Å². The topological polar surface area (TPSA) is 112 Å². The summed E-state index contributed by atoms with van der Waals surface area (Å²) in [5.41, 5.74) is 4.56. The minimum Gasteiger partial charge on any atom is -0.342 e. The van der Waals surface area contributed by atoms with Gasteiger partial charge in [0.2, 0.25) is 0 Å². The Balaban J connectivity index is 1.49. The van der Waals surface area contributed by atoms with Gasteiger partial charge in [-0.1, -0.05) is 35.6 Å². The van der Waals surface area contributed by atoms with Crippen molar-refractivity contribution in [3.63, 3.8) is 0 Å². The van der Waals surface area contributed by atoms with Crippen LogP contribution in [0.1, 0.15) is 51.5 Å². The summed E-state index contributed by atoms with van der Waals surface area (Å²) in [5.74, 6) is 6.24. The van der Waals surface area contributed by atoms with Crippen molar-refractivity contribution in [3.05, 3.63) is 117 Å². The van der Waals surface area contributed by atoms with Crippen LogP contribution >= 0.6 is 0 Å². The highest BCUT2D eigenvalue weighted by atomic mass is 16.2. The summed E-state index contributed by atoms with van der Waals surface area (Å²) in [6, 6.07) is 14.1. The number of carbonyl (C=O) groups is 1. The van der Waals surface area contributed by atoms with Gasteiger partial charge in [0.1, 0.15) is 11.4 Å².